The third-order valence-electron chi connectivity index (χ3n) is 4.81. The van der Waals surface area contributed by atoms with Crippen molar-refractivity contribution >= 4 is 40.5 Å². The van der Waals surface area contributed by atoms with Gasteiger partial charge in [-0.05, 0) is 35.9 Å². The number of nitro groups is 1. The minimum absolute atomic E-state index is 0.156. The molecule has 33 heavy (non-hydrogen) atoms. The lowest BCUT2D eigenvalue weighted by Crippen LogP contribution is -2.07. The number of alkyl halides is 3. The van der Waals surface area contributed by atoms with E-state index in [1.807, 2.05) is 0 Å². The SMILES string of the molecule is O=[N+]([O-])c1ccc(-n2nc(C(F)(F)F)cc2-c2ccc(-c3cc(Cl)c(Cl)cc3Cl)cc2)cc1. The standard InChI is InChI=1S/C22H11Cl3F3N3O2/c23-17-10-19(25)18(24)9-16(17)12-1-3-13(4-2-12)20-11-21(22(26,27)28)29-30(20)14-5-7-15(8-6-14)31(32)33/h1-11H. The summed E-state index contributed by atoms with van der Waals surface area (Å²) >= 11 is 18.3. The Balaban J connectivity index is 1.79. The van der Waals surface area contributed by atoms with Crippen molar-refractivity contribution in [2.45, 2.75) is 6.18 Å². The van der Waals surface area contributed by atoms with Crippen LogP contribution in [0.25, 0.3) is 28.1 Å². The number of nitrogens with zero attached hydrogens (tertiary/aromatic N) is 3. The van der Waals surface area contributed by atoms with E-state index >= 15 is 0 Å². The van der Waals surface area contributed by atoms with Gasteiger partial charge in [-0.3, -0.25) is 10.1 Å². The molecule has 0 amide bonds. The summed E-state index contributed by atoms with van der Waals surface area (Å²) in [6.45, 7) is 0. The second kappa shape index (κ2) is 8.70. The van der Waals surface area contributed by atoms with E-state index in [-0.39, 0.29) is 17.1 Å². The van der Waals surface area contributed by atoms with Gasteiger partial charge in [0.2, 0.25) is 0 Å². The third-order valence-corrected chi connectivity index (χ3v) is 5.84. The van der Waals surface area contributed by atoms with E-state index in [9.17, 15) is 23.3 Å². The number of hydrogen-bond donors (Lipinski definition) is 0. The van der Waals surface area contributed by atoms with Crippen LogP contribution in [0.2, 0.25) is 15.1 Å². The highest BCUT2D eigenvalue weighted by atomic mass is 35.5. The summed E-state index contributed by atoms with van der Waals surface area (Å²) in [4.78, 5) is 10.3. The molecule has 0 bridgehead atoms. The highest BCUT2D eigenvalue weighted by Crippen LogP contribution is 2.37. The fourth-order valence-corrected chi connectivity index (χ4v) is 3.86. The highest BCUT2D eigenvalue weighted by molar-refractivity contribution is 6.44. The summed E-state index contributed by atoms with van der Waals surface area (Å²) in [6, 6.07) is 15.7. The van der Waals surface area contributed by atoms with Gasteiger partial charge in [0.1, 0.15) is 0 Å². The van der Waals surface area contributed by atoms with Gasteiger partial charge in [-0.15, -0.1) is 0 Å². The predicted molar refractivity (Wildman–Crippen MR) is 121 cm³/mol. The molecule has 3 aromatic carbocycles. The number of hydrogen-bond acceptors (Lipinski definition) is 3. The molecule has 0 aliphatic heterocycles. The smallest absolute Gasteiger partial charge is 0.258 e. The third kappa shape index (κ3) is 4.68. The molecule has 0 spiro atoms. The molecule has 0 atom stereocenters. The molecular weight excluding hydrogens is 502 g/mol. The van der Waals surface area contributed by atoms with Crippen molar-refractivity contribution in [3.63, 3.8) is 0 Å². The molecule has 0 fully saturated rings. The van der Waals surface area contributed by atoms with Crippen LogP contribution in [0.1, 0.15) is 5.69 Å². The first kappa shape index (κ1) is 23.1. The molecule has 4 aromatic rings. The minimum Gasteiger partial charge on any atom is -0.258 e. The van der Waals surface area contributed by atoms with Crippen molar-refractivity contribution < 1.29 is 18.1 Å². The summed E-state index contributed by atoms with van der Waals surface area (Å²) in [5.41, 5.74) is 0.845. The molecule has 1 aromatic heterocycles. The van der Waals surface area contributed by atoms with Crippen LogP contribution in [-0.2, 0) is 6.18 Å². The van der Waals surface area contributed by atoms with E-state index in [0.29, 0.717) is 31.8 Å². The van der Waals surface area contributed by atoms with E-state index in [4.69, 9.17) is 34.8 Å². The Morgan fingerprint density at radius 3 is 1.97 bits per heavy atom. The molecule has 168 valence electrons. The predicted octanol–water partition coefficient (Wildman–Crippen LogP) is 8.09. The van der Waals surface area contributed by atoms with Gasteiger partial charge in [-0.2, -0.15) is 18.3 Å². The largest absolute Gasteiger partial charge is 0.435 e. The Hall–Kier alpha value is -3.07. The van der Waals surface area contributed by atoms with E-state index < -0.39 is 16.8 Å². The van der Waals surface area contributed by atoms with Gasteiger partial charge in [-0.1, -0.05) is 59.1 Å². The van der Waals surface area contributed by atoms with Gasteiger partial charge < -0.3 is 0 Å². The normalized spacial score (nSPS) is 11.6. The van der Waals surface area contributed by atoms with Crippen LogP contribution in [0.4, 0.5) is 18.9 Å². The summed E-state index contributed by atoms with van der Waals surface area (Å²) < 4.78 is 41.2. The highest BCUT2D eigenvalue weighted by Gasteiger charge is 2.35. The summed E-state index contributed by atoms with van der Waals surface area (Å²) in [5.74, 6) is 0. The number of benzene rings is 3. The van der Waals surface area contributed by atoms with Gasteiger partial charge in [0, 0.05) is 28.3 Å². The van der Waals surface area contributed by atoms with Crippen LogP contribution in [-0.4, -0.2) is 14.7 Å². The van der Waals surface area contributed by atoms with Crippen molar-refractivity contribution in [1.82, 2.24) is 9.78 Å². The van der Waals surface area contributed by atoms with Gasteiger partial charge in [-0.25, -0.2) is 4.68 Å². The zero-order valence-corrected chi connectivity index (χ0v) is 18.5. The Kier molecular flexibility index (Phi) is 6.09. The molecule has 0 radical (unpaired) electrons. The number of non-ortho nitro benzene ring substituents is 1. The maximum atomic E-state index is 13.4. The van der Waals surface area contributed by atoms with Crippen LogP contribution in [0.5, 0.6) is 0 Å². The molecule has 0 aliphatic carbocycles. The first-order valence-electron chi connectivity index (χ1n) is 9.22. The molecule has 5 nitrogen and oxygen atoms in total. The second-order valence-electron chi connectivity index (χ2n) is 6.92. The van der Waals surface area contributed by atoms with Crippen LogP contribution in [0, 0.1) is 10.1 Å². The van der Waals surface area contributed by atoms with Crippen molar-refractivity contribution in [2.24, 2.45) is 0 Å². The Morgan fingerprint density at radius 1 is 0.818 bits per heavy atom. The summed E-state index contributed by atoms with van der Waals surface area (Å²) in [6.07, 6.45) is -4.67. The number of aromatic nitrogens is 2. The number of nitro benzene ring substituents is 1. The van der Waals surface area contributed by atoms with Gasteiger partial charge in [0.15, 0.2) is 5.69 Å². The average molecular weight is 513 g/mol. The van der Waals surface area contributed by atoms with E-state index in [1.165, 1.54) is 30.3 Å². The first-order chi connectivity index (χ1) is 15.5. The van der Waals surface area contributed by atoms with Crippen LogP contribution < -0.4 is 0 Å². The van der Waals surface area contributed by atoms with Gasteiger partial charge in [0.05, 0.1) is 26.3 Å². The molecule has 0 saturated carbocycles. The number of halogens is 6. The Bertz CT molecular complexity index is 1350. The second-order valence-corrected chi connectivity index (χ2v) is 8.14. The maximum Gasteiger partial charge on any atom is 0.435 e. The minimum atomic E-state index is -4.67. The average Bonchev–Trinajstić information content (AvgIpc) is 3.22. The molecule has 0 aliphatic rings. The molecule has 1 heterocycles. The van der Waals surface area contributed by atoms with E-state index in [1.54, 1.807) is 30.3 Å². The van der Waals surface area contributed by atoms with Crippen LogP contribution in [0.3, 0.4) is 0 Å². The quantitative estimate of drug-likeness (QED) is 0.158. The van der Waals surface area contributed by atoms with Crippen LogP contribution in [0.15, 0.2) is 66.7 Å². The van der Waals surface area contributed by atoms with E-state index in [0.717, 1.165) is 10.7 Å². The molecule has 0 N–H and O–H groups in total. The topological polar surface area (TPSA) is 61.0 Å². The summed E-state index contributed by atoms with van der Waals surface area (Å²) in [5, 5.41) is 15.6. The lowest BCUT2D eigenvalue weighted by molar-refractivity contribution is -0.384. The molecule has 11 heteroatoms. The molecule has 0 saturated heterocycles. The lowest BCUT2D eigenvalue weighted by Gasteiger charge is -2.10. The van der Waals surface area contributed by atoms with Crippen molar-refractivity contribution in [2.75, 3.05) is 0 Å². The zero-order chi connectivity index (χ0) is 23.9. The first-order valence-corrected chi connectivity index (χ1v) is 10.4. The lowest BCUT2D eigenvalue weighted by atomic mass is 10.0. The van der Waals surface area contributed by atoms with Gasteiger partial charge in [0.25, 0.3) is 5.69 Å². The van der Waals surface area contributed by atoms with E-state index in [2.05, 4.69) is 5.10 Å². The molecule has 0 unspecified atom stereocenters. The Morgan fingerprint density at radius 2 is 1.39 bits per heavy atom. The van der Waals surface area contributed by atoms with Crippen LogP contribution >= 0.6 is 34.8 Å². The molecule has 4 rings (SSSR count). The Labute approximate surface area is 200 Å². The fraction of sp³-hybridized carbons (Fsp3) is 0.0455. The summed E-state index contributed by atoms with van der Waals surface area (Å²) in [7, 11) is 0. The molecular formula is C22H11Cl3F3N3O2. The maximum absolute atomic E-state index is 13.4. The monoisotopic (exact) mass is 511 g/mol. The number of rotatable bonds is 4. The van der Waals surface area contributed by atoms with Crippen molar-refractivity contribution in [3.05, 3.63) is 97.6 Å². The fourth-order valence-electron chi connectivity index (χ4n) is 3.20. The van der Waals surface area contributed by atoms with Gasteiger partial charge >= 0.3 is 6.18 Å². The van der Waals surface area contributed by atoms with Crippen molar-refractivity contribution in [1.29, 1.82) is 0 Å². The van der Waals surface area contributed by atoms with Crippen molar-refractivity contribution in [3.8, 4) is 28.1 Å². The zero-order valence-electron chi connectivity index (χ0n) is 16.3.